The number of benzene rings is 1. The molecular formula is C17H24N2O3. The minimum absolute atomic E-state index is 0.00542. The number of esters is 1. The van der Waals surface area contributed by atoms with Crippen LogP contribution in [0.5, 0.6) is 0 Å². The number of anilines is 1. The van der Waals surface area contributed by atoms with Crippen LogP contribution in [0.25, 0.3) is 0 Å². The Hall–Kier alpha value is -1.88. The van der Waals surface area contributed by atoms with E-state index >= 15 is 0 Å². The van der Waals surface area contributed by atoms with Crippen molar-refractivity contribution in [1.29, 1.82) is 0 Å². The van der Waals surface area contributed by atoms with Crippen LogP contribution in [0.3, 0.4) is 0 Å². The highest BCUT2D eigenvalue weighted by molar-refractivity contribution is 5.92. The summed E-state index contributed by atoms with van der Waals surface area (Å²) in [6, 6.07) is 9.26. The van der Waals surface area contributed by atoms with Gasteiger partial charge in [0.05, 0.1) is 6.61 Å². The van der Waals surface area contributed by atoms with Crippen molar-refractivity contribution in [2.24, 2.45) is 5.92 Å². The third-order valence-electron chi connectivity index (χ3n) is 4.12. The summed E-state index contributed by atoms with van der Waals surface area (Å²) in [5.41, 5.74) is 0.829. The molecule has 0 aromatic heterocycles. The number of amides is 1. The largest absolute Gasteiger partial charge is 0.465 e. The van der Waals surface area contributed by atoms with E-state index < -0.39 is 0 Å². The molecule has 1 amide bonds. The van der Waals surface area contributed by atoms with Gasteiger partial charge in [-0.05, 0) is 51.9 Å². The highest BCUT2D eigenvalue weighted by atomic mass is 16.5. The van der Waals surface area contributed by atoms with Crippen molar-refractivity contribution in [2.75, 3.05) is 25.0 Å². The van der Waals surface area contributed by atoms with Crippen LogP contribution in [0.15, 0.2) is 30.3 Å². The highest BCUT2D eigenvalue weighted by Gasteiger charge is 2.30. The van der Waals surface area contributed by atoms with Gasteiger partial charge in [-0.2, -0.15) is 0 Å². The Morgan fingerprint density at radius 3 is 2.50 bits per heavy atom. The Kier molecular flexibility index (Phi) is 5.95. The van der Waals surface area contributed by atoms with Crippen molar-refractivity contribution in [3.63, 3.8) is 0 Å². The summed E-state index contributed by atoms with van der Waals surface area (Å²) in [6.45, 7) is 5.56. The number of carbonyl (C=O) groups excluding carboxylic acids is 2. The molecule has 0 unspecified atom stereocenters. The average Bonchev–Trinajstić information content (AvgIpc) is 2.55. The first-order valence-electron chi connectivity index (χ1n) is 7.88. The third kappa shape index (κ3) is 4.31. The number of ether oxygens (including phenoxy) is 1. The number of para-hydroxylation sites is 1. The van der Waals surface area contributed by atoms with E-state index in [-0.39, 0.29) is 23.8 Å². The summed E-state index contributed by atoms with van der Waals surface area (Å²) in [7, 11) is 0. The molecule has 1 aliphatic heterocycles. The predicted molar refractivity (Wildman–Crippen MR) is 85.5 cm³/mol. The quantitative estimate of drug-likeness (QED) is 0.848. The Bertz CT molecular complexity index is 496. The predicted octanol–water partition coefficient (Wildman–Crippen LogP) is 2.29. The molecule has 120 valence electrons. The number of rotatable bonds is 5. The minimum atomic E-state index is -0.238. The first-order valence-corrected chi connectivity index (χ1v) is 7.88. The van der Waals surface area contributed by atoms with Gasteiger partial charge in [0.1, 0.15) is 6.04 Å². The van der Waals surface area contributed by atoms with E-state index in [1.165, 1.54) is 0 Å². The second kappa shape index (κ2) is 7.94. The first-order chi connectivity index (χ1) is 10.6. The summed E-state index contributed by atoms with van der Waals surface area (Å²) in [5, 5.41) is 2.95. The molecule has 22 heavy (non-hydrogen) atoms. The maximum absolute atomic E-state index is 12.3. The zero-order valence-corrected chi connectivity index (χ0v) is 13.2. The lowest BCUT2D eigenvalue weighted by atomic mass is 9.95. The van der Waals surface area contributed by atoms with E-state index in [4.69, 9.17) is 4.74 Å². The average molecular weight is 304 g/mol. The monoisotopic (exact) mass is 304 g/mol. The molecule has 1 aromatic carbocycles. The van der Waals surface area contributed by atoms with Gasteiger partial charge in [0, 0.05) is 11.6 Å². The lowest BCUT2D eigenvalue weighted by molar-refractivity contribution is -0.149. The Morgan fingerprint density at radius 1 is 1.27 bits per heavy atom. The molecule has 0 spiro atoms. The standard InChI is InChI=1S/C17H24N2O3/c1-3-22-17(21)13(2)19-11-9-14(10-12-19)16(20)18-15-7-5-4-6-8-15/h4-8,13-14H,3,9-12H2,1-2H3,(H,18,20)/t13-/m1/s1. The number of nitrogens with zero attached hydrogens (tertiary/aromatic N) is 1. The molecule has 1 atom stereocenters. The van der Waals surface area contributed by atoms with Crippen LogP contribution in [-0.2, 0) is 14.3 Å². The van der Waals surface area contributed by atoms with Crippen molar-refractivity contribution in [3.05, 3.63) is 30.3 Å². The van der Waals surface area contributed by atoms with E-state index in [0.29, 0.717) is 6.61 Å². The van der Waals surface area contributed by atoms with Crippen LogP contribution >= 0.6 is 0 Å². The maximum atomic E-state index is 12.3. The topological polar surface area (TPSA) is 58.6 Å². The Labute approximate surface area is 131 Å². The molecule has 0 aliphatic carbocycles. The molecule has 1 saturated heterocycles. The number of hydrogen-bond donors (Lipinski definition) is 1. The SMILES string of the molecule is CCOC(=O)[C@@H](C)N1CCC(C(=O)Nc2ccccc2)CC1. The summed E-state index contributed by atoms with van der Waals surface area (Å²) in [5.74, 6) is -0.116. The Morgan fingerprint density at radius 2 is 1.91 bits per heavy atom. The van der Waals surface area contributed by atoms with Crippen LogP contribution in [0.1, 0.15) is 26.7 Å². The van der Waals surface area contributed by atoms with Gasteiger partial charge in [-0.15, -0.1) is 0 Å². The van der Waals surface area contributed by atoms with Crippen LogP contribution in [-0.4, -0.2) is 42.5 Å². The van der Waals surface area contributed by atoms with Crippen molar-refractivity contribution in [1.82, 2.24) is 4.90 Å². The molecule has 5 nitrogen and oxygen atoms in total. The van der Waals surface area contributed by atoms with Gasteiger partial charge in [-0.3, -0.25) is 14.5 Å². The summed E-state index contributed by atoms with van der Waals surface area (Å²) in [4.78, 5) is 26.1. The van der Waals surface area contributed by atoms with Crippen molar-refractivity contribution in [3.8, 4) is 0 Å². The fourth-order valence-electron chi connectivity index (χ4n) is 2.73. The van der Waals surface area contributed by atoms with E-state index in [0.717, 1.165) is 31.6 Å². The lowest BCUT2D eigenvalue weighted by Crippen LogP contribution is -2.46. The van der Waals surface area contributed by atoms with Gasteiger partial charge in [0.2, 0.25) is 5.91 Å². The lowest BCUT2D eigenvalue weighted by Gasteiger charge is -2.34. The minimum Gasteiger partial charge on any atom is -0.465 e. The maximum Gasteiger partial charge on any atom is 0.323 e. The highest BCUT2D eigenvalue weighted by Crippen LogP contribution is 2.21. The van der Waals surface area contributed by atoms with Crippen molar-refractivity contribution in [2.45, 2.75) is 32.7 Å². The van der Waals surface area contributed by atoms with Crippen molar-refractivity contribution < 1.29 is 14.3 Å². The molecule has 2 rings (SSSR count). The molecule has 1 aliphatic rings. The summed E-state index contributed by atoms with van der Waals surface area (Å²) < 4.78 is 5.05. The van der Waals surface area contributed by atoms with Gasteiger partial charge in [0.25, 0.3) is 0 Å². The number of likely N-dealkylation sites (tertiary alicyclic amines) is 1. The van der Waals surface area contributed by atoms with Gasteiger partial charge in [0.15, 0.2) is 0 Å². The molecule has 1 fully saturated rings. The second-order valence-electron chi connectivity index (χ2n) is 5.59. The molecule has 0 saturated carbocycles. The zero-order valence-electron chi connectivity index (χ0n) is 13.2. The molecule has 1 heterocycles. The molecule has 0 bridgehead atoms. The summed E-state index contributed by atoms with van der Waals surface area (Å²) in [6.07, 6.45) is 1.53. The van der Waals surface area contributed by atoms with Crippen LogP contribution < -0.4 is 5.32 Å². The van der Waals surface area contributed by atoms with E-state index in [9.17, 15) is 9.59 Å². The normalized spacial score (nSPS) is 17.7. The summed E-state index contributed by atoms with van der Waals surface area (Å²) >= 11 is 0. The number of carbonyl (C=O) groups is 2. The molecule has 5 heteroatoms. The van der Waals surface area contributed by atoms with Gasteiger partial charge >= 0.3 is 5.97 Å². The number of nitrogens with one attached hydrogen (secondary N) is 1. The second-order valence-corrected chi connectivity index (χ2v) is 5.59. The van der Waals surface area contributed by atoms with E-state index in [1.807, 2.05) is 44.2 Å². The van der Waals surface area contributed by atoms with Crippen LogP contribution in [0.4, 0.5) is 5.69 Å². The van der Waals surface area contributed by atoms with Crippen LogP contribution in [0.2, 0.25) is 0 Å². The fourth-order valence-corrected chi connectivity index (χ4v) is 2.73. The number of piperidine rings is 1. The number of hydrogen-bond acceptors (Lipinski definition) is 4. The molecule has 1 aromatic rings. The van der Waals surface area contributed by atoms with Gasteiger partial charge in [-0.1, -0.05) is 18.2 Å². The van der Waals surface area contributed by atoms with E-state index in [2.05, 4.69) is 10.2 Å². The van der Waals surface area contributed by atoms with Gasteiger partial charge < -0.3 is 10.1 Å². The Balaban J connectivity index is 1.81. The third-order valence-corrected chi connectivity index (χ3v) is 4.12. The first kappa shape index (κ1) is 16.5. The van der Waals surface area contributed by atoms with Gasteiger partial charge in [-0.25, -0.2) is 0 Å². The smallest absolute Gasteiger partial charge is 0.323 e. The fraction of sp³-hybridized carbons (Fsp3) is 0.529. The van der Waals surface area contributed by atoms with Crippen LogP contribution in [0, 0.1) is 5.92 Å². The molecule has 0 radical (unpaired) electrons. The zero-order chi connectivity index (χ0) is 15.9. The molecular weight excluding hydrogens is 280 g/mol. The molecule has 1 N–H and O–H groups in total. The van der Waals surface area contributed by atoms with E-state index in [1.54, 1.807) is 0 Å². The van der Waals surface area contributed by atoms with Crippen molar-refractivity contribution >= 4 is 17.6 Å².